The molecule has 0 aromatic carbocycles. The fourth-order valence-electron chi connectivity index (χ4n) is 4.38. The molecule has 184 valence electrons. The Bertz CT molecular complexity index is 351. The average molecular weight is 433 g/mol. The van der Waals surface area contributed by atoms with Crippen molar-refractivity contribution in [2.24, 2.45) is 0 Å². The van der Waals surface area contributed by atoms with Gasteiger partial charge in [-0.25, -0.2) is 0 Å². The number of rotatable bonds is 26. The van der Waals surface area contributed by atoms with Crippen LogP contribution in [0.3, 0.4) is 0 Å². The minimum atomic E-state index is 1.26. The Balaban J connectivity index is 3.12. The molecule has 0 N–H and O–H groups in total. The molecule has 0 atom stereocenters. The van der Waals surface area contributed by atoms with E-state index >= 15 is 0 Å². The topological polar surface area (TPSA) is 0 Å². The molecule has 0 fully saturated rings. The van der Waals surface area contributed by atoms with Gasteiger partial charge in [-0.15, -0.1) is 0 Å². The van der Waals surface area contributed by atoms with E-state index in [9.17, 15) is 0 Å². The van der Waals surface area contributed by atoms with Gasteiger partial charge >= 0.3 is 0 Å². The first-order valence-corrected chi connectivity index (χ1v) is 14.7. The van der Waals surface area contributed by atoms with Crippen molar-refractivity contribution in [2.75, 3.05) is 0 Å². The minimum absolute atomic E-state index is 1.26. The lowest BCUT2D eigenvalue weighted by Gasteiger charge is -2.03. The maximum atomic E-state index is 2.37. The molecule has 0 saturated heterocycles. The molecule has 0 amide bonds. The van der Waals surface area contributed by atoms with E-state index in [1.54, 1.807) is 0 Å². The predicted molar refractivity (Wildman–Crippen MR) is 145 cm³/mol. The Labute approximate surface area is 198 Å². The molecule has 0 saturated carbocycles. The zero-order valence-electron chi connectivity index (χ0n) is 22.0. The summed E-state index contributed by atoms with van der Waals surface area (Å²) in [4.78, 5) is 0. The Morgan fingerprint density at radius 1 is 0.290 bits per heavy atom. The highest BCUT2D eigenvalue weighted by molar-refractivity contribution is 5.02. The molecule has 0 spiro atoms. The van der Waals surface area contributed by atoms with Crippen molar-refractivity contribution in [2.45, 2.75) is 174 Å². The van der Waals surface area contributed by atoms with Crippen molar-refractivity contribution in [3.63, 3.8) is 0 Å². The van der Waals surface area contributed by atoms with E-state index < -0.39 is 0 Å². The van der Waals surface area contributed by atoms with Gasteiger partial charge in [-0.2, -0.15) is 0 Å². The van der Waals surface area contributed by atoms with Crippen LogP contribution < -0.4 is 0 Å². The average Bonchev–Trinajstić information content (AvgIpc) is 2.78. The zero-order valence-corrected chi connectivity index (χ0v) is 22.0. The third kappa shape index (κ3) is 29.5. The predicted octanol–water partition coefficient (Wildman–Crippen LogP) is 11.9. The van der Waals surface area contributed by atoms with Gasteiger partial charge in [0.2, 0.25) is 0 Å². The quantitative estimate of drug-likeness (QED) is 0.0941. The molecule has 0 bridgehead atoms. The molecular weight excluding hydrogens is 372 g/mol. The van der Waals surface area contributed by atoms with Crippen LogP contribution in [-0.4, -0.2) is 0 Å². The molecule has 0 aromatic heterocycles. The second-order valence-electron chi connectivity index (χ2n) is 9.86. The van der Waals surface area contributed by atoms with Gasteiger partial charge in [-0.05, 0) is 25.7 Å². The van der Waals surface area contributed by atoms with Gasteiger partial charge in [-0.1, -0.05) is 173 Å². The molecule has 0 aliphatic carbocycles. The molecule has 0 aliphatic rings. The fourth-order valence-corrected chi connectivity index (χ4v) is 4.38. The van der Waals surface area contributed by atoms with E-state index in [0.29, 0.717) is 0 Å². The molecule has 31 heavy (non-hydrogen) atoms. The smallest absolute Gasteiger partial charge is 0.0348 e. The van der Waals surface area contributed by atoms with Gasteiger partial charge in [0.1, 0.15) is 0 Å². The van der Waals surface area contributed by atoms with Crippen molar-refractivity contribution in [3.05, 3.63) is 24.3 Å². The summed E-state index contributed by atoms with van der Waals surface area (Å²) >= 11 is 0. The standard InChI is InChI=1S/C31H60/c1-3-5-7-9-11-13-15-17-19-21-23-25-27-29-31-30-28-26-24-22-20-18-16-14-12-10-8-6-4-2/h19,21,23,25H,3-18,20,22,24,26-31H2,1-2H3. The molecule has 0 rings (SSSR count). The van der Waals surface area contributed by atoms with Crippen LogP contribution in [0.4, 0.5) is 0 Å². The molecule has 0 nitrogen and oxygen atoms in total. The van der Waals surface area contributed by atoms with E-state index in [1.807, 2.05) is 0 Å². The number of hydrogen-bond acceptors (Lipinski definition) is 0. The summed E-state index contributed by atoms with van der Waals surface area (Å²) in [6.45, 7) is 4.59. The molecule has 0 aromatic rings. The van der Waals surface area contributed by atoms with Crippen LogP contribution in [0.1, 0.15) is 174 Å². The number of hydrogen-bond donors (Lipinski definition) is 0. The van der Waals surface area contributed by atoms with Crippen molar-refractivity contribution in [3.8, 4) is 0 Å². The zero-order chi connectivity index (χ0) is 22.5. The second-order valence-corrected chi connectivity index (χ2v) is 9.86. The van der Waals surface area contributed by atoms with E-state index in [2.05, 4.69) is 38.2 Å². The Morgan fingerprint density at radius 2 is 0.516 bits per heavy atom. The lowest BCUT2D eigenvalue weighted by molar-refractivity contribution is 0.530. The molecule has 0 heterocycles. The summed E-state index contributed by atoms with van der Waals surface area (Å²) in [6, 6.07) is 0. The van der Waals surface area contributed by atoms with Gasteiger partial charge in [0.15, 0.2) is 0 Å². The van der Waals surface area contributed by atoms with Crippen LogP contribution in [0.15, 0.2) is 24.3 Å². The van der Waals surface area contributed by atoms with Crippen LogP contribution in [0.25, 0.3) is 0 Å². The first-order chi connectivity index (χ1) is 15.4. The van der Waals surface area contributed by atoms with Gasteiger partial charge in [0.25, 0.3) is 0 Å². The van der Waals surface area contributed by atoms with E-state index in [0.717, 1.165) is 0 Å². The molecular formula is C31H60. The summed E-state index contributed by atoms with van der Waals surface area (Å²) in [6.07, 6.45) is 44.9. The lowest BCUT2D eigenvalue weighted by Crippen LogP contribution is -1.83. The normalized spacial score (nSPS) is 11.9. The van der Waals surface area contributed by atoms with Gasteiger partial charge in [-0.3, -0.25) is 0 Å². The van der Waals surface area contributed by atoms with E-state index in [4.69, 9.17) is 0 Å². The summed E-state index contributed by atoms with van der Waals surface area (Å²) in [7, 11) is 0. The van der Waals surface area contributed by atoms with Gasteiger partial charge in [0, 0.05) is 0 Å². The summed E-state index contributed by atoms with van der Waals surface area (Å²) in [5, 5.41) is 0. The third-order valence-electron chi connectivity index (χ3n) is 6.58. The van der Waals surface area contributed by atoms with Gasteiger partial charge in [0.05, 0.1) is 0 Å². The maximum absolute atomic E-state index is 2.37. The monoisotopic (exact) mass is 432 g/mol. The summed E-state index contributed by atoms with van der Waals surface area (Å²) in [5.41, 5.74) is 0. The lowest BCUT2D eigenvalue weighted by atomic mass is 10.0. The minimum Gasteiger partial charge on any atom is -0.0845 e. The number of allylic oxidation sites excluding steroid dienone is 4. The highest BCUT2D eigenvalue weighted by atomic mass is 14.0. The van der Waals surface area contributed by atoms with Crippen molar-refractivity contribution in [1.29, 1.82) is 0 Å². The molecule has 0 aliphatic heterocycles. The van der Waals surface area contributed by atoms with Gasteiger partial charge < -0.3 is 0 Å². The van der Waals surface area contributed by atoms with E-state index in [1.165, 1.54) is 161 Å². The van der Waals surface area contributed by atoms with Crippen LogP contribution >= 0.6 is 0 Å². The first kappa shape index (κ1) is 30.5. The van der Waals surface area contributed by atoms with Crippen molar-refractivity contribution in [1.82, 2.24) is 0 Å². The van der Waals surface area contributed by atoms with Crippen LogP contribution in [0.2, 0.25) is 0 Å². The highest BCUT2D eigenvalue weighted by Crippen LogP contribution is 2.14. The fraction of sp³-hybridized carbons (Fsp3) is 0.871. The Hall–Kier alpha value is -0.520. The Morgan fingerprint density at radius 3 is 0.774 bits per heavy atom. The summed E-state index contributed by atoms with van der Waals surface area (Å²) < 4.78 is 0. The Kier molecular flexibility index (Phi) is 29.0. The molecule has 0 heteroatoms. The molecule has 0 radical (unpaired) electrons. The van der Waals surface area contributed by atoms with Crippen molar-refractivity contribution >= 4 is 0 Å². The first-order valence-electron chi connectivity index (χ1n) is 14.7. The largest absolute Gasteiger partial charge is 0.0845 e. The van der Waals surface area contributed by atoms with Crippen LogP contribution in [-0.2, 0) is 0 Å². The second kappa shape index (κ2) is 29.5. The maximum Gasteiger partial charge on any atom is -0.0348 e. The van der Waals surface area contributed by atoms with Crippen LogP contribution in [0, 0.1) is 0 Å². The SMILES string of the molecule is CCCCCCCCCC=CC=CCCCCCCCCCCCCCCCCCC. The highest BCUT2D eigenvalue weighted by Gasteiger charge is 1.94. The number of unbranched alkanes of at least 4 members (excludes halogenated alkanes) is 23. The van der Waals surface area contributed by atoms with Crippen molar-refractivity contribution < 1.29 is 0 Å². The molecule has 0 unspecified atom stereocenters. The van der Waals surface area contributed by atoms with E-state index in [-0.39, 0.29) is 0 Å². The summed E-state index contributed by atoms with van der Waals surface area (Å²) in [5.74, 6) is 0. The van der Waals surface area contributed by atoms with Crippen LogP contribution in [0.5, 0.6) is 0 Å². The third-order valence-corrected chi connectivity index (χ3v) is 6.58.